The highest BCUT2D eigenvalue weighted by Crippen LogP contribution is 2.12. The summed E-state index contributed by atoms with van der Waals surface area (Å²) < 4.78 is 0. The molecule has 0 saturated carbocycles. The Labute approximate surface area is 78.8 Å². The minimum Gasteiger partial charge on any atom is -0.506 e. The van der Waals surface area contributed by atoms with Gasteiger partial charge in [-0.15, -0.1) is 0 Å². The Bertz CT molecular complexity index is 256. The molecular formula is C10H16N2O. The summed E-state index contributed by atoms with van der Waals surface area (Å²) in [5.41, 5.74) is 0. The third kappa shape index (κ3) is 2.93. The zero-order chi connectivity index (χ0) is 9.84. The van der Waals surface area contributed by atoms with Crippen LogP contribution in [0.2, 0.25) is 0 Å². The number of aromatic nitrogens is 1. The molecule has 0 saturated heterocycles. The number of anilines is 1. The van der Waals surface area contributed by atoms with Crippen LogP contribution in [0.3, 0.4) is 0 Å². The summed E-state index contributed by atoms with van der Waals surface area (Å²) in [6, 6.07) is 3.79. The van der Waals surface area contributed by atoms with Crippen LogP contribution in [0.5, 0.6) is 5.75 Å². The number of aromatic hydroxyl groups is 1. The minimum absolute atomic E-state index is 0.197. The second-order valence-corrected chi connectivity index (χ2v) is 3.58. The molecule has 1 unspecified atom stereocenters. The van der Waals surface area contributed by atoms with Gasteiger partial charge < -0.3 is 10.4 Å². The van der Waals surface area contributed by atoms with Gasteiger partial charge in [-0.2, -0.15) is 0 Å². The molecule has 0 amide bonds. The lowest BCUT2D eigenvalue weighted by atomic mass is 10.1. The Hall–Kier alpha value is -1.25. The van der Waals surface area contributed by atoms with Crippen molar-refractivity contribution in [3.8, 4) is 5.75 Å². The molecule has 1 heterocycles. The van der Waals surface area contributed by atoms with E-state index in [1.165, 1.54) is 6.20 Å². The van der Waals surface area contributed by atoms with Crippen molar-refractivity contribution in [3.05, 3.63) is 18.3 Å². The second kappa shape index (κ2) is 4.12. The molecule has 13 heavy (non-hydrogen) atoms. The largest absolute Gasteiger partial charge is 0.506 e. The fourth-order valence-corrected chi connectivity index (χ4v) is 0.871. The van der Waals surface area contributed by atoms with E-state index in [2.05, 4.69) is 31.1 Å². The van der Waals surface area contributed by atoms with E-state index in [1.807, 2.05) is 0 Å². The average molecular weight is 180 g/mol. The van der Waals surface area contributed by atoms with Crippen LogP contribution in [-0.2, 0) is 0 Å². The van der Waals surface area contributed by atoms with Gasteiger partial charge in [0.15, 0.2) is 0 Å². The number of nitrogens with zero attached hydrogens (tertiary/aromatic N) is 1. The lowest BCUT2D eigenvalue weighted by Gasteiger charge is -2.17. The Morgan fingerprint density at radius 1 is 1.31 bits per heavy atom. The fraction of sp³-hybridized carbons (Fsp3) is 0.500. The van der Waals surface area contributed by atoms with Crippen LogP contribution < -0.4 is 5.32 Å². The fourth-order valence-electron chi connectivity index (χ4n) is 0.871. The van der Waals surface area contributed by atoms with Crippen LogP contribution >= 0.6 is 0 Å². The molecular weight excluding hydrogens is 164 g/mol. The van der Waals surface area contributed by atoms with Crippen LogP contribution in [0.15, 0.2) is 18.3 Å². The van der Waals surface area contributed by atoms with Crippen LogP contribution in [0.25, 0.3) is 0 Å². The summed E-state index contributed by atoms with van der Waals surface area (Å²) in [4.78, 5) is 4.04. The van der Waals surface area contributed by atoms with Crippen LogP contribution in [0.1, 0.15) is 20.8 Å². The maximum absolute atomic E-state index is 9.01. The number of hydrogen-bond donors (Lipinski definition) is 2. The zero-order valence-electron chi connectivity index (χ0n) is 8.28. The van der Waals surface area contributed by atoms with Gasteiger partial charge in [-0.1, -0.05) is 13.8 Å². The summed E-state index contributed by atoms with van der Waals surface area (Å²) in [6.45, 7) is 6.41. The molecule has 1 atom stereocenters. The maximum atomic E-state index is 9.01. The predicted octanol–water partition coefficient (Wildman–Crippen LogP) is 2.24. The Balaban J connectivity index is 2.59. The normalized spacial score (nSPS) is 12.9. The third-order valence-electron chi connectivity index (χ3n) is 2.12. The molecule has 1 aromatic rings. The molecule has 3 heteroatoms. The molecule has 0 fully saturated rings. The monoisotopic (exact) mass is 180 g/mol. The molecule has 0 aliphatic heterocycles. The molecule has 1 rings (SSSR count). The van der Waals surface area contributed by atoms with Crippen molar-refractivity contribution in [1.82, 2.24) is 4.98 Å². The Kier molecular flexibility index (Phi) is 3.12. The highest BCUT2D eigenvalue weighted by Gasteiger charge is 2.06. The number of rotatable bonds is 3. The van der Waals surface area contributed by atoms with Crippen molar-refractivity contribution < 1.29 is 5.11 Å². The summed E-state index contributed by atoms with van der Waals surface area (Å²) >= 11 is 0. The van der Waals surface area contributed by atoms with E-state index >= 15 is 0 Å². The zero-order valence-corrected chi connectivity index (χ0v) is 8.28. The molecule has 2 N–H and O–H groups in total. The van der Waals surface area contributed by atoms with Crippen molar-refractivity contribution in [2.24, 2.45) is 5.92 Å². The summed E-state index contributed by atoms with van der Waals surface area (Å²) in [5, 5.41) is 12.3. The molecule has 3 nitrogen and oxygen atoms in total. The molecule has 0 aromatic carbocycles. The molecule has 0 radical (unpaired) electrons. The van der Waals surface area contributed by atoms with Gasteiger partial charge in [-0.25, -0.2) is 4.98 Å². The minimum atomic E-state index is 0.197. The summed E-state index contributed by atoms with van der Waals surface area (Å²) in [6.07, 6.45) is 1.44. The lowest BCUT2D eigenvalue weighted by molar-refractivity contribution is 0.472. The van der Waals surface area contributed by atoms with Gasteiger partial charge >= 0.3 is 0 Å². The van der Waals surface area contributed by atoms with E-state index in [0.29, 0.717) is 12.0 Å². The maximum Gasteiger partial charge on any atom is 0.134 e. The van der Waals surface area contributed by atoms with E-state index in [1.54, 1.807) is 12.1 Å². The van der Waals surface area contributed by atoms with Crippen LogP contribution in [0.4, 0.5) is 5.82 Å². The number of nitrogens with one attached hydrogen (secondary N) is 1. The van der Waals surface area contributed by atoms with Gasteiger partial charge in [0.05, 0.1) is 6.20 Å². The van der Waals surface area contributed by atoms with E-state index in [-0.39, 0.29) is 5.75 Å². The SMILES string of the molecule is CC(C)C(C)Nc1ccc(O)cn1. The number of hydrogen-bond acceptors (Lipinski definition) is 3. The first kappa shape index (κ1) is 9.84. The van der Waals surface area contributed by atoms with Gasteiger partial charge in [0.1, 0.15) is 11.6 Å². The van der Waals surface area contributed by atoms with E-state index in [4.69, 9.17) is 5.11 Å². The molecule has 0 bridgehead atoms. The van der Waals surface area contributed by atoms with Gasteiger partial charge in [0, 0.05) is 6.04 Å². The highest BCUT2D eigenvalue weighted by molar-refractivity contribution is 5.37. The first-order chi connectivity index (χ1) is 6.09. The van der Waals surface area contributed by atoms with Gasteiger partial charge in [0.25, 0.3) is 0 Å². The van der Waals surface area contributed by atoms with Crippen LogP contribution in [0, 0.1) is 5.92 Å². The van der Waals surface area contributed by atoms with E-state index in [9.17, 15) is 0 Å². The van der Waals surface area contributed by atoms with Crippen molar-refractivity contribution in [2.75, 3.05) is 5.32 Å². The third-order valence-corrected chi connectivity index (χ3v) is 2.12. The molecule has 0 aliphatic carbocycles. The standard InChI is InChI=1S/C10H16N2O/c1-7(2)8(3)12-10-5-4-9(13)6-11-10/h4-8,13H,1-3H3,(H,11,12). The van der Waals surface area contributed by atoms with Crippen LogP contribution in [-0.4, -0.2) is 16.1 Å². The first-order valence-electron chi connectivity index (χ1n) is 4.51. The molecule has 0 spiro atoms. The average Bonchev–Trinajstić information content (AvgIpc) is 2.08. The highest BCUT2D eigenvalue weighted by atomic mass is 16.3. The van der Waals surface area contributed by atoms with Crippen molar-refractivity contribution in [2.45, 2.75) is 26.8 Å². The van der Waals surface area contributed by atoms with Gasteiger partial charge in [0.2, 0.25) is 0 Å². The van der Waals surface area contributed by atoms with E-state index < -0.39 is 0 Å². The summed E-state index contributed by atoms with van der Waals surface area (Å²) in [7, 11) is 0. The second-order valence-electron chi connectivity index (χ2n) is 3.58. The smallest absolute Gasteiger partial charge is 0.134 e. The molecule has 0 aliphatic rings. The topological polar surface area (TPSA) is 45.1 Å². The quantitative estimate of drug-likeness (QED) is 0.749. The predicted molar refractivity (Wildman–Crippen MR) is 53.8 cm³/mol. The van der Waals surface area contributed by atoms with Gasteiger partial charge in [-0.05, 0) is 25.0 Å². The Morgan fingerprint density at radius 3 is 2.46 bits per heavy atom. The Morgan fingerprint density at radius 2 is 2.00 bits per heavy atom. The van der Waals surface area contributed by atoms with Crippen molar-refractivity contribution >= 4 is 5.82 Å². The van der Waals surface area contributed by atoms with E-state index in [0.717, 1.165) is 5.82 Å². The van der Waals surface area contributed by atoms with Gasteiger partial charge in [-0.3, -0.25) is 0 Å². The number of pyridine rings is 1. The lowest BCUT2D eigenvalue weighted by Crippen LogP contribution is -2.21. The van der Waals surface area contributed by atoms with Crippen molar-refractivity contribution in [1.29, 1.82) is 0 Å². The molecule has 1 aromatic heterocycles. The first-order valence-corrected chi connectivity index (χ1v) is 4.51. The van der Waals surface area contributed by atoms with Crippen molar-refractivity contribution in [3.63, 3.8) is 0 Å². The summed E-state index contributed by atoms with van der Waals surface area (Å²) in [5.74, 6) is 1.57. The molecule has 72 valence electrons.